The predicted octanol–water partition coefficient (Wildman–Crippen LogP) is 2.70. The fraction of sp³-hybridized carbons (Fsp3) is 0.500. The Balaban J connectivity index is 1.77. The third kappa shape index (κ3) is 7.57. The highest BCUT2D eigenvalue weighted by molar-refractivity contribution is 7.99. The molecule has 1 aliphatic heterocycles. The summed E-state index contributed by atoms with van der Waals surface area (Å²) in [4.78, 5) is 37.6. The Morgan fingerprint density at radius 1 is 1.31 bits per heavy atom. The molecule has 2 N–H and O–H groups in total. The van der Waals surface area contributed by atoms with Gasteiger partial charge in [0.15, 0.2) is 0 Å². The number of carbonyl (C=O) groups is 3. The fourth-order valence-corrected chi connectivity index (χ4v) is 4.48. The van der Waals surface area contributed by atoms with E-state index in [1.54, 1.807) is 30.0 Å². The standard InChI is InChI=1S/C22H31N3O3S/c1-4-18-7-9-19(10-8-18)22(28)23-11-13-29-15-20(14-16(2)24-17(3)26)25-12-5-6-21(25)27/h4,7-10,16,20H,1,5-6,11-15H2,2-3H3,(H,23,28)(H,24,26). The van der Waals surface area contributed by atoms with Crippen LogP contribution in [0.4, 0.5) is 0 Å². The first-order chi connectivity index (χ1) is 13.9. The molecule has 3 amide bonds. The maximum atomic E-state index is 12.2. The second-order valence-corrected chi connectivity index (χ2v) is 8.49. The van der Waals surface area contributed by atoms with Gasteiger partial charge in [-0.05, 0) is 37.5 Å². The van der Waals surface area contributed by atoms with Crippen molar-refractivity contribution in [3.63, 3.8) is 0 Å². The van der Waals surface area contributed by atoms with Crippen LogP contribution in [0.5, 0.6) is 0 Å². The lowest BCUT2D eigenvalue weighted by molar-refractivity contribution is -0.129. The van der Waals surface area contributed by atoms with Crippen LogP contribution >= 0.6 is 11.8 Å². The molecule has 0 spiro atoms. The van der Waals surface area contributed by atoms with Gasteiger partial charge in [0.2, 0.25) is 11.8 Å². The molecule has 0 aromatic heterocycles. The number of carbonyl (C=O) groups excluding carboxylic acids is 3. The second-order valence-electron chi connectivity index (χ2n) is 7.34. The molecule has 1 aliphatic rings. The molecule has 6 nitrogen and oxygen atoms in total. The van der Waals surface area contributed by atoms with Crippen molar-refractivity contribution < 1.29 is 14.4 Å². The van der Waals surface area contributed by atoms with Crippen LogP contribution in [0.2, 0.25) is 0 Å². The molecular weight excluding hydrogens is 386 g/mol. The Kier molecular flexibility index (Phi) is 9.25. The van der Waals surface area contributed by atoms with Crippen molar-refractivity contribution in [2.75, 3.05) is 24.6 Å². The molecule has 0 bridgehead atoms. The number of nitrogens with zero attached hydrogens (tertiary/aromatic N) is 1. The third-order valence-corrected chi connectivity index (χ3v) is 5.99. The Labute approximate surface area is 177 Å². The van der Waals surface area contributed by atoms with Crippen LogP contribution < -0.4 is 10.6 Å². The summed E-state index contributed by atoms with van der Waals surface area (Å²) < 4.78 is 0. The van der Waals surface area contributed by atoms with Gasteiger partial charge < -0.3 is 15.5 Å². The zero-order valence-electron chi connectivity index (χ0n) is 17.3. The second kappa shape index (κ2) is 11.7. The normalized spacial score (nSPS) is 15.7. The van der Waals surface area contributed by atoms with E-state index in [2.05, 4.69) is 17.2 Å². The number of hydrogen-bond donors (Lipinski definition) is 2. The highest BCUT2D eigenvalue weighted by atomic mass is 32.2. The van der Waals surface area contributed by atoms with Crippen molar-refractivity contribution in [3.8, 4) is 0 Å². The summed E-state index contributed by atoms with van der Waals surface area (Å²) in [6.45, 7) is 8.53. The molecule has 158 valence electrons. The Morgan fingerprint density at radius 2 is 2.03 bits per heavy atom. The maximum Gasteiger partial charge on any atom is 0.251 e. The van der Waals surface area contributed by atoms with Crippen LogP contribution in [-0.4, -0.2) is 59.3 Å². The number of rotatable bonds is 11. The Morgan fingerprint density at radius 3 is 2.62 bits per heavy atom. The molecule has 1 aromatic carbocycles. The molecule has 2 unspecified atom stereocenters. The third-order valence-electron chi connectivity index (χ3n) is 4.88. The minimum absolute atomic E-state index is 0.0183. The van der Waals surface area contributed by atoms with Gasteiger partial charge >= 0.3 is 0 Å². The van der Waals surface area contributed by atoms with Crippen molar-refractivity contribution in [1.82, 2.24) is 15.5 Å². The van der Waals surface area contributed by atoms with E-state index < -0.39 is 0 Å². The molecule has 7 heteroatoms. The molecule has 0 radical (unpaired) electrons. The van der Waals surface area contributed by atoms with Gasteiger partial charge in [0, 0.05) is 55.6 Å². The van der Waals surface area contributed by atoms with Gasteiger partial charge in [0.25, 0.3) is 5.91 Å². The minimum atomic E-state index is -0.0910. The van der Waals surface area contributed by atoms with E-state index in [0.717, 1.165) is 36.5 Å². The largest absolute Gasteiger partial charge is 0.354 e. The number of thioether (sulfide) groups is 1. The van der Waals surface area contributed by atoms with Gasteiger partial charge in [-0.25, -0.2) is 0 Å². The topological polar surface area (TPSA) is 78.5 Å². The number of nitrogens with one attached hydrogen (secondary N) is 2. The zero-order valence-corrected chi connectivity index (χ0v) is 18.1. The van der Waals surface area contributed by atoms with Crippen LogP contribution in [0.25, 0.3) is 6.08 Å². The van der Waals surface area contributed by atoms with Crippen molar-refractivity contribution >= 4 is 35.6 Å². The summed E-state index contributed by atoms with van der Waals surface area (Å²) in [5.41, 5.74) is 1.61. The summed E-state index contributed by atoms with van der Waals surface area (Å²) >= 11 is 1.72. The fourth-order valence-electron chi connectivity index (χ4n) is 3.48. The monoisotopic (exact) mass is 417 g/mol. The van der Waals surface area contributed by atoms with E-state index in [4.69, 9.17) is 0 Å². The lowest BCUT2D eigenvalue weighted by atomic mass is 10.1. The molecular formula is C22H31N3O3S. The lowest BCUT2D eigenvalue weighted by Crippen LogP contribution is -2.43. The highest BCUT2D eigenvalue weighted by Gasteiger charge is 2.29. The molecule has 1 saturated heterocycles. The van der Waals surface area contributed by atoms with Gasteiger partial charge in [-0.15, -0.1) is 0 Å². The Bertz CT molecular complexity index is 721. The van der Waals surface area contributed by atoms with E-state index in [1.165, 1.54) is 6.92 Å². The van der Waals surface area contributed by atoms with E-state index in [1.807, 2.05) is 24.0 Å². The van der Waals surface area contributed by atoms with Crippen LogP contribution in [0, 0.1) is 0 Å². The van der Waals surface area contributed by atoms with Crippen molar-refractivity contribution in [2.45, 2.75) is 45.2 Å². The first-order valence-corrected chi connectivity index (χ1v) is 11.2. The first kappa shape index (κ1) is 23.0. The van der Waals surface area contributed by atoms with Gasteiger partial charge in [0.05, 0.1) is 0 Å². The van der Waals surface area contributed by atoms with Crippen LogP contribution in [0.3, 0.4) is 0 Å². The van der Waals surface area contributed by atoms with Crippen molar-refractivity contribution in [3.05, 3.63) is 42.0 Å². The predicted molar refractivity (Wildman–Crippen MR) is 119 cm³/mol. The number of likely N-dealkylation sites (tertiary alicyclic amines) is 1. The minimum Gasteiger partial charge on any atom is -0.354 e. The van der Waals surface area contributed by atoms with E-state index in [9.17, 15) is 14.4 Å². The first-order valence-electron chi connectivity index (χ1n) is 10.1. The lowest BCUT2D eigenvalue weighted by Gasteiger charge is -2.30. The SMILES string of the molecule is C=Cc1ccc(C(=O)NCCSCC(CC(C)NC(C)=O)N2CCCC2=O)cc1. The average Bonchev–Trinajstić information content (AvgIpc) is 3.12. The molecule has 0 aliphatic carbocycles. The van der Waals surface area contributed by atoms with Crippen molar-refractivity contribution in [1.29, 1.82) is 0 Å². The van der Waals surface area contributed by atoms with Gasteiger partial charge in [0.1, 0.15) is 0 Å². The molecule has 2 rings (SSSR count). The van der Waals surface area contributed by atoms with Crippen LogP contribution in [0.1, 0.15) is 49.0 Å². The number of benzene rings is 1. The maximum absolute atomic E-state index is 12.2. The molecule has 29 heavy (non-hydrogen) atoms. The number of hydrogen-bond acceptors (Lipinski definition) is 4. The summed E-state index contributed by atoms with van der Waals surface area (Å²) in [7, 11) is 0. The average molecular weight is 418 g/mol. The van der Waals surface area contributed by atoms with E-state index in [0.29, 0.717) is 18.5 Å². The smallest absolute Gasteiger partial charge is 0.251 e. The number of amides is 3. The summed E-state index contributed by atoms with van der Waals surface area (Å²) in [6.07, 6.45) is 3.98. The van der Waals surface area contributed by atoms with Crippen molar-refractivity contribution in [2.24, 2.45) is 0 Å². The molecule has 1 heterocycles. The zero-order chi connectivity index (χ0) is 21.2. The van der Waals surface area contributed by atoms with Gasteiger partial charge in [-0.3, -0.25) is 14.4 Å². The van der Waals surface area contributed by atoms with E-state index >= 15 is 0 Å². The summed E-state index contributed by atoms with van der Waals surface area (Å²) in [5.74, 6) is 1.61. The Hall–Kier alpha value is -2.28. The molecule has 0 saturated carbocycles. The van der Waals surface area contributed by atoms with Crippen LogP contribution in [-0.2, 0) is 9.59 Å². The summed E-state index contributed by atoms with van der Waals surface area (Å²) in [6, 6.07) is 7.43. The quantitative estimate of drug-likeness (QED) is 0.543. The highest BCUT2D eigenvalue weighted by Crippen LogP contribution is 2.20. The summed E-state index contributed by atoms with van der Waals surface area (Å²) in [5, 5.41) is 5.84. The molecule has 2 atom stereocenters. The molecule has 1 fully saturated rings. The molecule has 1 aromatic rings. The van der Waals surface area contributed by atoms with Gasteiger partial charge in [-0.1, -0.05) is 24.8 Å². The van der Waals surface area contributed by atoms with Gasteiger partial charge in [-0.2, -0.15) is 11.8 Å². The van der Waals surface area contributed by atoms with Crippen LogP contribution in [0.15, 0.2) is 30.8 Å². The van der Waals surface area contributed by atoms with E-state index in [-0.39, 0.29) is 29.8 Å².